The van der Waals surface area contributed by atoms with Crippen LogP contribution in [-0.4, -0.2) is 16.7 Å². The number of aromatic amines is 1. The molecule has 0 radical (unpaired) electrons. The highest BCUT2D eigenvalue weighted by molar-refractivity contribution is 5.85. The standard InChI is InChI=1S/C10H13N3.2ClH/c1-7(5-11)8-3-2-4-10-9(8)6-12-13-10;;/h2-4,6-7H,5,11H2,1H3,(H,12,13);2*1H. The second kappa shape index (κ2) is 5.95. The Morgan fingerprint density at radius 3 is 2.80 bits per heavy atom. The molecule has 0 saturated carbocycles. The summed E-state index contributed by atoms with van der Waals surface area (Å²) in [5.41, 5.74) is 7.99. The number of rotatable bonds is 2. The number of benzene rings is 1. The van der Waals surface area contributed by atoms with Gasteiger partial charge in [-0.3, -0.25) is 5.10 Å². The zero-order valence-corrected chi connectivity index (χ0v) is 10.1. The molecule has 0 aliphatic rings. The number of aromatic nitrogens is 2. The quantitative estimate of drug-likeness (QED) is 0.857. The normalized spacial score (nSPS) is 11.6. The highest BCUT2D eigenvalue weighted by Crippen LogP contribution is 2.22. The highest BCUT2D eigenvalue weighted by atomic mass is 35.5. The lowest BCUT2D eigenvalue weighted by Crippen LogP contribution is -2.08. The second-order valence-corrected chi connectivity index (χ2v) is 3.32. The smallest absolute Gasteiger partial charge is 0.0653 e. The van der Waals surface area contributed by atoms with Crippen LogP contribution in [0, 0.1) is 0 Å². The van der Waals surface area contributed by atoms with Crippen molar-refractivity contribution < 1.29 is 0 Å². The third-order valence-corrected chi connectivity index (χ3v) is 2.40. The molecule has 1 heterocycles. The number of hydrogen-bond donors (Lipinski definition) is 2. The molecular weight excluding hydrogens is 233 g/mol. The van der Waals surface area contributed by atoms with Crippen LogP contribution in [0.3, 0.4) is 0 Å². The summed E-state index contributed by atoms with van der Waals surface area (Å²) >= 11 is 0. The molecule has 1 unspecified atom stereocenters. The number of halogens is 2. The van der Waals surface area contributed by atoms with Crippen LogP contribution in [0.15, 0.2) is 24.4 Å². The molecule has 0 bridgehead atoms. The van der Waals surface area contributed by atoms with E-state index in [1.54, 1.807) is 0 Å². The summed E-state index contributed by atoms with van der Waals surface area (Å²) in [7, 11) is 0. The van der Waals surface area contributed by atoms with Gasteiger partial charge in [-0.05, 0) is 24.1 Å². The minimum atomic E-state index is 0. The number of fused-ring (bicyclic) bond motifs is 1. The Morgan fingerprint density at radius 2 is 2.13 bits per heavy atom. The number of nitrogens with one attached hydrogen (secondary N) is 1. The molecule has 0 spiro atoms. The number of nitrogens with two attached hydrogens (primary N) is 1. The molecule has 84 valence electrons. The van der Waals surface area contributed by atoms with Gasteiger partial charge in [-0.25, -0.2) is 0 Å². The van der Waals surface area contributed by atoms with Crippen LogP contribution in [-0.2, 0) is 0 Å². The van der Waals surface area contributed by atoms with Crippen molar-refractivity contribution in [1.82, 2.24) is 10.2 Å². The van der Waals surface area contributed by atoms with Gasteiger partial charge in [0.05, 0.1) is 11.7 Å². The Hall–Kier alpha value is -0.770. The lowest BCUT2D eigenvalue weighted by atomic mass is 9.98. The van der Waals surface area contributed by atoms with Gasteiger partial charge in [-0.15, -0.1) is 24.8 Å². The first kappa shape index (κ1) is 14.2. The van der Waals surface area contributed by atoms with Gasteiger partial charge in [0.25, 0.3) is 0 Å². The molecule has 1 aromatic heterocycles. The Kier molecular flexibility index (Phi) is 5.65. The fourth-order valence-corrected chi connectivity index (χ4v) is 1.55. The molecule has 0 aliphatic heterocycles. The summed E-state index contributed by atoms with van der Waals surface area (Å²) in [6.07, 6.45) is 1.86. The van der Waals surface area contributed by atoms with E-state index >= 15 is 0 Å². The molecule has 3 N–H and O–H groups in total. The molecule has 0 fully saturated rings. The maximum atomic E-state index is 5.63. The van der Waals surface area contributed by atoms with Crippen molar-refractivity contribution in [2.75, 3.05) is 6.54 Å². The molecule has 3 nitrogen and oxygen atoms in total. The Morgan fingerprint density at radius 1 is 1.40 bits per heavy atom. The van der Waals surface area contributed by atoms with Gasteiger partial charge in [-0.2, -0.15) is 5.10 Å². The first-order valence-electron chi connectivity index (χ1n) is 4.45. The monoisotopic (exact) mass is 247 g/mol. The molecule has 0 saturated heterocycles. The number of H-pyrrole nitrogens is 1. The highest BCUT2D eigenvalue weighted by Gasteiger charge is 2.07. The zero-order chi connectivity index (χ0) is 9.26. The predicted molar refractivity (Wildman–Crippen MR) is 68.1 cm³/mol. The van der Waals surface area contributed by atoms with Gasteiger partial charge in [0.2, 0.25) is 0 Å². The zero-order valence-electron chi connectivity index (χ0n) is 8.43. The molecule has 15 heavy (non-hydrogen) atoms. The first-order valence-corrected chi connectivity index (χ1v) is 4.45. The number of nitrogens with zero attached hydrogens (tertiary/aromatic N) is 1. The van der Waals surface area contributed by atoms with Crippen LogP contribution in [0.2, 0.25) is 0 Å². The van der Waals surface area contributed by atoms with Gasteiger partial charge in [-0.1, -0.05) is 19.1 Å². The van der Waals surface area contributed by atoms with Crippen molar-refractivity contribution in [3.05, 3.63) is 30.0 Å². The van der Waals surface area contributed by atoms with Gasteiger partial charge in [0.15, 0.2) is 0 Å². The van der Waals surface area contributed by atoms with Crippen molar-refractivity contribution in [3.8, 4) is 0 Å². The summed E-state index contributed by atoms with van der Waals surface area (Å²) in [5, 5.41) is 8.14. The first-order chi connectivity index (χ1) is 6.33. The van der Waals surface area contributed by atoms with Crippen LogP contribution in [0.4, 0.5) is 0 Å². The Bertz CT molecular complexity index is 414. The van der Waals surface area contributed by atoms with E-state index in [-0.39, 0.29) is 24.8 Å². The Labute approximate surface area is 101 Å². The predicted octanol–water partition coefficient (Wildman–Crippen LogP) is 2.47. The van der Waals surface area contributed by atoms with E-state index in [9.17, 15) is 0 Å². The van der Waals surface area contributed by atoms with Crippen LogP contribution < -0.4 is 5.73 Å². The van der Waals surface area contributed by atoms with Crippen molar-refractivity contribution in [1.29, 1.82) is 0 Å². The minimum Gasteiger partial charge on any atom is -0.330 e. The summed E-state index contributed by atoms with van der Waals surface area (Å²) in [6.45, 7) is 2.80. The van der Waals surface area contributed by atoms with E-state index < -0.39 is 0 Å². The Balaban J connectivity index is 0.000000980. The summed E-state index contributed by atoms with van der Waals surface area (Å²) < 4.78 is 0. The van der Waals surface area contributed by atoms with E-state index in [0.717, 1.165) is 5.52 Å². The average Bonchev–Trinajstić information content (AvgIpc) is 2.63. The van der Waals surface area contributed by atoms with E-state index in [0.29, 0.717) is 12.5 Å². The van der Waals surface area contributed by atoms with E-state index in [4.69, 9.17) is 5.73 Å². The molecule has 0 amide bonds. The van der Waals surface area contributed by atoms with Gasteiger partial charge >= 0.3 is 0 Å². The molecule has 1 atom stereocenters. The third kappa shape index (κ3) is 2.62. The van der Waals surface area contributed by atoms with Crippen LogP contribution in [0.1, 0.15) is 18.4 Å². The van der Waals surface area contributed by atoms with E-state index in [2.05, 4.69) is 23.2 Å². The topological polar surface area (TPSA) is 54.7 Å². The van der Waals surface area contributed by atoms with Crippen molar-refractivity contribution in [3.63, 3.8) is 0 Å². The van der Waals surface area contributed by atoms with Crippen LogP contribution in [0.5, 0.6) is 0 Å². The molecule has 2 aromatic rings. The third-order valence-electron chi connectivity index (χ3n) is 2.40. The van der Waals surface area contributed by atoms with Gasteiger partial charge in [0, 0.05) is 5.39 Å². The van der Waals surface area contributed by atoms with E-state index in [1.807, 2.05) is 18.3 Å². The van der Waals surface area contributed by atoms with E-state index in [1.165, 1.54) is 10.9 Å². The van der Waals surface area contributed by atoms with Gasteiger partial charge < -0.3 is 5.73 Å². The molecule has 2 rings (SSSR count). The van der Waals surface area contributed by atoms with Crippen LogP contribution in [0.25, 0.3) is 10.9 Å². The lowest BCUT2D eigenvalue weighted by Gasteiger charge is -2.09. The van der Waals surface area contributed by atoms with Crippen molar-refractivity contribution in [2.24, 2.45) is 5.73 Å². The molecular formula is C10H15Cl2N3. The maximum Gasteiger partial charge on any atom is 0.0653 e. The lowest BCUT2D eigenvalue weighted by molar-refractivity contribution is 0.781. The largest absolute Gasteiger partial charge is 0.330 e. The number of hydrogen-bond acceptors (Lipinski definition) is 2. The van der Waals surface area contributed by atoms with Crippen molar-refractivity contribution >= 4 is 35.7 Å². The SMILES string of the molecule is CC(CN)c1cccc2[nH]ncc12.Cl.Cl. The molecule has 0 aliphatic carbocycles. The average molecular weight is 248 g/mol. The second-order valence-electron chi connectivity index (χ2n) is 3.32. The van der Waals surface area contributed by atoms with Gasteiger partial charge in [0.1, 0.15) is 0 Å². The summed E-state index contributed by atoms with van der Waals surface area (Å²) in [5.74, 6) is 0.390. The molecule has 5 heteroatoms. The minimum absolute atomic E-state index is 0. The van der Waals surface area contributed by atoms with Crippen LogP contribution >= 0.6 is 24.8 Å². The molecule has 1 aromatic carbocycles. The summed E-state index contributed by atoms with van der Waals surface area (Å²) in [6, 6.07) is 6.16. The fourth-order valence-electron chi connectivity index (χ4n) is 1.55. The maximum absolute atomic E-state index is 5.63. The fraction of sp³-hybridized carbons (Fsp3) is 0.300. The summed E-state index contributed by atoms with van der Waals surface area (Å²) in [4.78, 5) is 0. The van der Waals surface area contributed by atoms with Crippen molar-refractivity contribution in [2.45, 2.75) is 12.8 Å².